The zero-order valence-electron chi connectivity index (χ0n) is 16.4. The second kappa shape index (κ2) is 9.93. The lowest BCUT2D eigenvalue weighted by atomic mass is 9.90. The topological polar surface area (TPSA) is 0 Å². The van der Waals surface area contributed by atoms with Crippen molar-refractivity contribution in [3.05, 3.63) is 75.9 Å². The van der Waals surface area contributed by atoms with Crippen molar-refractivity contribution in [2.75, 3.05) is 0 Å². The maximum atomic E-state index is 2.83. The van der Waals surface area contributed by atoms with Crippen LogP contribution in [0.15, 0.2) is 42.5 Å². The molecule has 0 heterocycles. The summed E-state index contributed by atoms with van der Waals surface area (Å²) in [5.41, 5.74) is 9.73. The van der Waals surface area contributed by atoms with Crippen LogP contribution in [0.5, 0.6) is 0 Å². The van der Waals surface area contributed by atoms with E-state index in [0.29, 0.717) is 0 Å². The van der Waals surface area contributed by atoms with Gasteiger partial charge < -0.3 is 0 Å². The minimum Gasteiger partial charge on any atom is -0.133 e. The molecule has 2 rings (SSSR count). The Hall–Kier alpha value is -1.39. The fourth-order valence-corrected chi connectivity index (χ4v) is 3.90. The molecule has 0 N–H and O–H groups in total. The molecule has 1 unspecified atom stereocenters. The normalized spacial score (nSPS) is 11.8. The molecular weight excluding hydrogens is 319 g/mol. The van der Waals surface area contributed by atoms with E-state index in [9.17, 15) is 0 Å². The van der Waals surface area contributed by atoms with E-state index in [-0.39, 0.29) is 0 Å². The van der Waals surface area contributed by atoms with Crippen molar-refractivity contribution in [1.82, 2.24) is 0 Å². The number of hydrogen-bond donors (Lipinski definition) is 0. The van der Waals surface area contributed by atoms with Gasteiger partial charge in [0.25, 0.3) is 0 Å². The van der Waals surface area contributed by atoms with Gasteiger partial charge in [0.1, 0.15) is 0 Å². The van der Waals surface area contributed by atoms with Crippen LogP contribution in [0.4, 0.5) is 0 Å². The summed E-state index contributed by atoms with van der Waals surface area (Å²) in [6.07, 6.45) is 9.54. The number of hydrogen-bond acceptors (Lipinski definition) is 0. The molecule has 0 aliphatic rings. The largest absolute Gasteiger partial charge is 0.133 e. The van der Waals surface area contributed by atoms with Gasteiger partial charge in [-0.05, 0) is 78.2 Å². The van der Waals surface area contributed by atoms with Crippen LogP contribution in [0.1, 0.15) is 72.9 Å². The summed E-state index contributed by atoms with van der Waals surface area (Å²) >= 11 is 0. The molecule has 0 aliphatic carbocycles. The molecule has 134 valence electrons. The van der Waals surface area contributed by atoms with Crippen LogP contribution >= 0.6 is 9.24 Å². The first kappa shape index (κ1) is 19.9. The molecule has 2 aromatic rings. The SMILES string of the molecule is CC/C=C(/c1ccc(CP)c(C)c1)c1ccc(CCCCC)cc1C. The first-order valence-corrected chi connectivity index (χ1v) is 10.5. The van der Waals surface area contributed by atoms with Gasteiger partial charge in [0.15, 0.2) is 0 Å². The number of unbranched alkanes of at least 4 members (excludes halogenated alkanes) is 2. The zero-order chi connectivity index (χ0) is 18.2. The number of rotatable bonds is 8. The Morgan fingerprint density at radius 3 is 2.36 bits per heavy atom. The van der Waals surface area contributed by atoms with E-state index in [0.717, 1.165) is 12.6 Å². The third-order valence-corrected chi connectivity index (χ3v) is 5.37. The van der Waals surface area contributed by atoms with Gasteiger partial charge in [-0.15, -0.1) is 9.24 Å². The summed E-state index contributed by atoms with van der Waals surface area (Å²) in [5, 5.41) is 0. The summed E-state index contributed by atoms with van der Waals surface area (Å²) in [4.78, 5) is 0. The van der Waals surface area contributed by atoms with E-state index in [1.165, 1.54) is 64.6 Å². The van der Waals surface area contributed by atoms with E-state index in [1.54, 1.807) is 0 Å². The third-order valence-electron chi connectivity index (χ3n) is 4.93. The Morgan fingerprint density at radius 2 is 1.76 bits per heavy atom. The highest BCUT2D eigenvalue weighted by molar-refractivity contribution is 7.15. The van der Waals surface area contributed by atoms with Gasteiger partial charge in [0.05, 0.1) is 0 Å². The molecular formula is C24H33P. The summed E-state index contributed by atoms with van der Waals surface area (Å²) in [6.45, 7) is 8.96. The van der Waals surface area contributed by atoms with Crippen LogP contribution in [0, 0.1) is 13.8 Å². The molecule has 0 aliphatic heterocycles. The van der Waals surface area contributed by atoms with Crippen LogP contribution in [0.25, 0.3) is 5.57 Å². The minimum absolute atomic E-state index is 1.02. The van der Waals surface area contributed by atoms with Crippen molar-refractivity contribution in [1.29, 1.82) is 0 Å². The van der Waals surface area contributed by atoms with Crippen molar-refractivity contribution in [3.63, 3.8) is 0 Å². The standard InChI is InChI=1S/C24H33P/c1-5-7-8-10-20-11-14-23(19(4)15-20)24(9-6-2)21-12-13-22(17-25)18(3)16-21/h9,11-16H,5-8,10,17,25H2,1-4H3/b24-9-. The highest BCUT2D eigenvalue weighted by Crippen LogP contribution is 2.29. The maximum Gasteiger partial charge on any atom is -0.0126 e. The van der Waals surface area contributed by atoms with E-state index in [4.69, 9.17) is 0 Å². The molecule has 0 saturated heterocycles. The van der Waals surface area contributed by atoms with E-state index in [1.807, 2.05) is 0 Å². The van der Waals surface area contributed by atoms with Crippen molar-refractivity contribution >= 4 is 14.8 Å². The Bertz CT molecular complexity index is 725. The van der Waals surface area contributed by atoms with Crippen molar-refractivity contribution < 1.29 is 0 Å². The summed E-state index contributed by atoms with van der Waals surface area (Å²) in [7, 11) is 2.83. The van der Waals surface area contributed by atoms with Gasteiger partial charge in [-0.1, -0.05) is 69.2 Å². The summed E-state index contributed by atoms with van der Waals surface area (Å²) < 4.78 is 0. The second-order valence-corrected chi connectivity index (χ2v) is 7.39. The Labute approximate surface area is 157 Å². The molecule has 1 atom stereocenters. The summed E-state index contributed by atoms with van der Waals surface area (Å²) in [6, 6.07) is 13.9. The van der Waals surface area contributed by atoms with Gasteiger partial charge in [-0.2, -0.15) is 0 Å². The predicted molar refractivity (Wildman–Crippen MR) is 116 cm³/mol. The van der Waals surface area contributed by atoms with Gasteiger partial charge in [-0.25, -0.2) is 0 Å². The lowest BCUT2D eigenvalue weighted by Crippen LogP contribution is -1.96. The minimum atomic E-state index is 1.02. The molecule has 0 radical (unpaired) electrons. The average molecular weight is 353 g/mol. The van der Waals surface area contributed by atoms with Gasteiger partial charge in [-0.3, -0.25) is 0 Å². The molecule has 1 heteroatoms. The second-order valence-electron chi connectivity index (χ2n) is 6.98. The molecule has 25 heavy (non-hydrogen) atoms. The van der Waals surface area contributed by atoms with E-state index < -0.39 is 0 Å². The molecule has 2 aromatic carbocycles. The van der Waals surface area contributed by atoms with Crippen molar-refractivity contribution in [2.24, 2.45) is 0 Å². The van der Waals surface area contributed by atoms with Gasteiger partial charge in [0.2, 0.25) is 0 Å². The molecule has 0 bridgehead atoms. The van der Waals surface area contributed by atoms with Crippen LogP contribution in [0.2, 0.25) is 0 Å². The molecule has 0 nitrogen and oxygen atoms in total. The average Bonchev–Trinajstić information content (AvgIpc) is 2.60. The van der Waals surface area contributed by atoms with Crippen molar-refractivity contribution in [2.45, 2.75) is 66.0 Å². The third kappa shape index (κ3) is 5.29. The van der Waals surface area contributed by atoms with Gasteiger partial charge in [0, 0.05) is 0 Å². The van der Waals surface area contributed by atoms with E-state index >= 15 is 0 Å². The van der Waals surface area contributed by atoms with Crippen LogP contribution in [-0.2, 0) is 12.6 Å². The molecule has 0 amide bonds. The summed E-state index contributed by atoms with van der Waals surface area (Å²) in [5.74, 6) is 0. The fraction of sp³-hybridized carbons (Fsp3) is 0.417. The van der Waals surface area contributed by atoms with Crippen molar-refractivity contribution in [3.8, 4) is 0 Å². The number of aryl methyl sites for hydroxylation is 3. The maximum absolute atomic E-state index is 2.83. The Balaban J connectivity index is 2.34. The molecule has 0 saturated carbocycles. The highest BCUT2D eigenvalue weighted by Gasteiger charge is 2.10. The molecule has 0 spiro atoms. The Morgan fingerprint density at radius 1 is 0.960 bits per heavy atom. The number of benzene rings is 2. The Kier molecular flexibility index (Phi) is 7.91. The first-order valence-electron chi connectivity index (χ1n) is 9.70. The molecule has 0 aromatic heterocycles. The first-order chi connectivity index (χ1) is 12.1. The zero-order valence-corrected chi connectivity index (χ0v) is 17.5. The van der Waals surface area contributed by atoms with Gasteiger partial charge >= 0.3 is 0 Å². The molecule has 0 fully saturated rings. The predicted octanol–water partition coefficient (Wildman–Crippen LogP) is 7.25. The monoisotopic (exact) mass is 352 g/mol. The highest BCUT2D eigenvalue weighted by atomic mass is 31.0. The lowest BCUT2D eigenvalue weighted by molar-refractivity contribution is 0.717. The van der Waals surface area contributed by atoms with Crippen LogP contribution in [-0.4, -0.2) is 0 Å². The van der Waals surface area contributed by atoms with E-state index in [2.05, 4.69) is 79.4 Å². The van der Waals surface area contributed by atoms with Crippen LogP contribution in [0.3, 0.4) is 0 Å². The van der Waals surface area contributed by atoms with Crippen LogP contribution < -0.4 is 0 Å². The fourth-order valence-electron chi connectivity index (χ4n) is 3.44. The quantitative estimate of drug-likeness (QED) is 0.346. The number of allylic oxidation sites excluding steroid dienone is 1. The lowest BCUT2D eigenvalue weighted by Gasteiger charge is -2.15. The smallest absolute Gasteiger partial charge is 0.0126 e.